The van der Waals surface area contributed by atoms with E-state index in [0.717, 1.165) is 12.0 Å². The number of hydrogen-bond acceptors (Lipinski definition) is 1. The molecule has 2 aromatic carbocycles. The number of benzene rings is 2. The highest BCUT2D eigenvalue weighted by molar-refractivity contribution is 6.30. The molecule has 0 aliphatic rings. The molecule has 3 heteroatoms. The van der Waals surface area contributed by atoms with E-state index in [1.165, 1.54) is 11.6 Å². The van der Waals surface area contributed by atoms with Crippen molar-refractivity contribution in [2.75, 3.05) is 0 Å². The first-order valence-electron chi connectivity index (χ1n) is 5.91. The maximum Gasteiger partial charge on any atom is 0.146 e. The van der Waals surface area contributed by atoms with Gasteiger partial charge in [-0.15, -0.1) is 0 Å². The van der Waals surface area contributed by atoms with Crippen LogP contribution in [-0.4, -0.2) is 0 Å². The number of hydrogen-bond donors (Lipinski definition) is 1. The molecule has 0 saturated carbocycles. The lowest BCUT2D eigenvalue weighted by Crippen LogP contribution is -2.13. The highest BCUT2D eigenvalue weighted by Crippen LogP contribution is 2.26. The van der Waals surface area contributed by atoms with Crippen LogP contribution in [0.25, 0.3) is 0 Å². The Hall–Kier alpha value is -1.38. The van der Waals surface area contributed by atoms with Gasteiger partial charge in [-0.2, -0.15) is 0 Å². The summed E-state index contributed by atoms with van der Waals surface area (Å²) in [6.07, 6.45) is 0.973. The van der Waals surface area contributed by atoms with Crippen LogP contribution in [0.3, 0.4) is 0 Å². The molecule has 1 nitrogen and oxygen atoms in total. The van der Waals surface area contributed by atoms with Crippen LogP contribution in [0.5, 0.6) is 0 Å². The minimum atomic E-state index is -0.491. The quantitative estimate of drug-likeness (QED) is 0.887. The van der Waals surface area contributed by atoms with Gasteiger partial charge in [0.15, 0.2) is 0 Å². The Morgan fingerprint density at radius 3 is 2.44 bits per heavy atom. The second kappa shape index (κ2) is 5.51. The Balaban J connectivity index is 2.35. The fraction of sp³-hybridized carbons (Fsp3) is 0.200. The standard InChI is InChI=1S/C15H15ClFN/c1-2-10-6-8-11(9-7-10)15(18)12-4-3-5-13(16)14(12)17/h3-9,15H,2,18H2,1H3. The van der Waals surface area contributed by atoms with Crippen LogP contribution in [0.1, 0.15) is 29.7 Å². The van der Waals surface area contributed by atoms with E-state index in [9.17, 15) is 4.39 Å². The van der Waals surface area contributed by atoms with Gasteiger partial charge in [-0.05, 0) is 23.6 Å². The molecule has 0 amide bonds. The largest absolute Gasteiger partial charge is 0.320 e. The van der Waals surface area contributed by atoms with E-state index in [0.29, 0.717) is 5.56 Å². The van der Waals surface area contributed by atoms with Crippen molar-refractivity contribution in [2.24, 2.45) is 5.73 Å². The van der Waals surface area contributed by atoms with E-state index in [4.69, 9.17) is 17.3 Å². The van der Waals surface area contributed by atoms with Gasteiger partial charge >= 0.3 is 0 Å². The molecule has 2 N–H and O–H groups in total. The third kappa shape index (κ3) is 2.55. The maximum atomic E-state index is 13.9. The number of aryl methyl sites for hydroxylation is 1. The molecule has 0 heterocycles. The van der Waals surface area contributed by atoms with Gasteiger partial charge in [-0.1, -0.05) is 54.9 Å². The Morgan fingerprint density at radius 1 is 1.17 bits per heavy atom. The number of rotatable bonds is 3. The zero-order chi connectivity index (χ0) is 13.1. The predicted molar refractivity (Wildman–Crippen MR) is 73.3 cm³/mol. The topological polar surface area (TPSA) is 26.0 Å². The van der Waals surface area contributed by atoms with Gasteiger partial charge in [0.25, 0.3) is 0 Å². The van der Waals surface area contributed by atoms with Gasteiger partial charge in [-0.25, -0.2) is 4.39 Å². The molecule has 0 saturated heterocycles. The summed E-state index contributed by atoms with van der Waals surface area (Å²) >= 11 is 5.76. The number of halogens is 2. The van der Waals surface area contributed by atoms with Crippen LogP contribution in [0.15, 0.2) is 42.5 Å². The van der Waals surface area contributed by atoms with Crippen molar-refractivity contribution in [2.45, 2.75) is 19.4 Å². The molecule has 2 aromatic rings. The monoisotopic (exact) mass is 263 g/mol. The molecular formula is C15H15ClFN. The summed E-state index contributed by atoms with van der Waals surface area (Å²) in [7, 11) is 0. The fourth-order valence-corrected chi connectivity index (χ4v) is 2.08. The summed E-state index contributed by atoms with van der Waals surface area (Å²) < 4.78 is 13.9. The molecule has 0 fully saturated rings. The summed E-state index contributed by atoms with van der Waals surface area (Å²) in [4.78, 5) is 0. The zero-order valence-corrected chi connectivity index (χ0v) is 10.9. The smallest absolute Gasteiger partial charge is 0.146 e. The van der Waals surface area contributed by atoms with Crippen LogP contribution in [-0.2, 0) is 6.42 Å². The Bertz CT molecular complexity index is 537. The molecule has 0 aliphatic heterocycles. The van der Waals surface area contributed by atoms with Gasteiger partial charge in [-0.3, -0.25) is 0 Å². The average molecular weight is 264 g/mol. The van der Waals surface area contributed by atoms with E-state index >= 15 is 0 Å². The second-order valence-corrected chi connectivity index (χ2v) is 4.62. The van der Waals surface area contributed by atoms with E-state index in [-0.39, 0.29) is 5.02 Å². The summed E-state index contributed by atoms with van der Waals surface area (Å²) in [6, 6.07) is 12.3. The molecule has 0 bridgehead atoms. The Labute approximate surface area is 111 Å². The predicted octanol–water partition coefficient (Wildman–Crippen LogP) is 4.09. The van der Waals surface area contributed by atoms with Crippen molar-refractivity contribution < 1.29 is 4.39 Å². The lowest BCUT2D eigenvalue weighted by Gasteiger charge is -2.14. The normalized spacial score (nSPS) is 12.4. The zero-order valence-electron chi connectivity index (χ0n) is 10.2. The van der Waals surface area contributed by atoms with Crippen molar-refractivity contribution in [3.05, 3.63) is 70.0 Å². The van der Waals surface area contributed by atoms with Crippen LogP contribution >= 0.6 is 11.6 Å². The van der Waals surface area contributed by atoms with Gasteiger partial charge in [0.05, 0.1) is 11.1 Å². The molecule has 1 atom stereocenters. The summed E-state index contributed by atoms with van der Waals surface area (Å²) in [5.74, 6) is -0.439. The third-order valence-electron chi connectivity index (χ3n) is 3.06. The van der Waals surface area contributed by atoms with Crippen molar-refractivity contribution in [1.82, 2.24) is 0 Å². The van der Waals surface area contributed by atoms with Crippen molar-refractivity contribution >= 4 is 11.6 Å². The molecule has 0 aliphatic carbocycles. The third-order valence-corrected chi connectivity index (χ3v) is 3.36. The van der Waals surface area contributed by atoms with Crippen LogP contribution in [0, 0.1) is 5.82 Å². The Morgan fingerprint density at radius 2 is 1.83 bits per heavy atom. The summed E-state index contributed by atoms with van der Waals surface area (Å²) in [5, 5.41) is 0.105. The van der Waals surface area contributed by atoms with Crippen molar-refractivity contribution in [3.63, 3.8) is 0 Å². The molecule has 0 aromatic heterocycles. The highest BCUT2D eigenvalue weighted by Gasteiger charge is 2.15. The lowest BCUT2D eigenvalue weighted by molar-refractivity contribution is 0.600. The van der Waals surface area contributed by atoms with Crippen molar-refractivity contribution in [3.8, 4) is 0 Å². The average Bonchev–Trinajstić information content (AvgIpc) is 2.41. The van der Waals surface area contributed by atoms with E-state index in [1.54, 1.807) is 12.1 Å². The highest BCUT2D eigenvalue weighted by atomic mass is 35.5. The fourth-order valence-electron chi connectivity index (χ4n) is 1.90. The van der Waals surface area contributed by atoms with E-state index in [1.807, 2.05) is 24.3 Å². The molecule has 0 spiro atoms. The summed E-state index contributed by atoms with van der Waals surface area (Å²) in [5.41, 5.74) is 8.62. The minimum absolute atomic E-state index is 0.105. The number of nitrogens with two attached hydrogens (primary N) is 1. The first-order chi connectivity index (χ1) is 8.63. The maximum absolute atomic E-state index is 13.9. The lowest BCUT2D eigenvalue weighted by atomic mass is 9.98. The molecule has 18 heavy (non-hydrogen) atoms. The van der Waals surface area contributed by atoms with Crippen molar-refractivity contribution in [1.29, 1.82) is 0 Å². The first-order valence-corrected chi connectivity index (χ1v) is 6.29. The van der Waals surface area contributed by atoms with E-state index < -0.39 is 11.9 Å². The SMILES string of the molecule is CCc1ccc(C(N)c2cccc(Cl)c2F)cc1. The molecule has 0 radical (unpaired) electrons. The van der Waals surface area contributed by atoms with Gasteiger partial charge in [0.2, 0.25) is 0 Å². The molecule has 2 rings (SSSR count). The van der Waals surface area contributed by atoms with Gasteiger partial charge in [0, 0.05) is 5.56 Å². The molecule has 1 unspecified atom stereocenters. The first kappa shape index (κ1) is 13.1. The van der Waals surface area contributed by atoms with Gasteiger partial charge in [0.1, 0.15) is 5.82 Å². The van der Waals surface area contributed by atoms with E-state index in [2.05, 4.69) is 6.92 Å². The van der Waals surface area contributed by atoms with Gasteiger partial charge < -0.3 is 5.73 Å². The van der Waals surface area contributed by atoms with Crippen LogP contribution in [0.4, 0.5) is 4.39 Å². The Kier molecular flexibility index (Phi) is 4.00. The van der Waals surface area contributed by atoms with Crippen LogP contribution < -0.4 is 5.73 Å². The van der Waals surface area contributed by atoms with Crippen LogP contribution in [0.2, 0.25) is 5.02 Å². The summed E-state index contributed by atoms with van der Waals surface area (Å²) in [6.45, 7) is 2.09. The second-order valence-electron chi connectivity index (χ2n) is 4.22. The molecule has 94 valence electrons. The molecular weight excluding hydrogens is 249 g/mol. The minimum Gasteiger partial charge on any atom is -0.320 e.